The molecular formula is C46H77NO7. The molecule has 0 amide bonds. The molecule has 2 unspecified atom stereocenters. The van der Waals surface area contributed by atoms with Crippen LogP contribution in [0.15, 0.2) is 72.9 Å². The molecule has 0 aromatic heterocycles. The second-order valence-corrected chi connectivity index (χ2v) is 14.8. The van der Waals surface area contributed by atoms with Crippen molar-refractivity contribution in [3.63, 3.8) is 0 Å². The van der Waals surface area contributed by atoms with Gasteiger partial charge in [0.05, 0.1) is 40.3 Å². The first-order valence-electron chi connectivity index (χ1n) is 21.0. The minimum absolute atomic E-state index is 0.0193. The fourth-order valence-corrected chi connectivity index (χ4v) is 5.58. The highest BCUT2D eigenvalue weighted by Gasteiger charge is 2.25. The van der Waals surface area contributed by atoms with Crippen molar-refractivity contribution in [3.8, 4) is 0 Å². The summed E-state index contributed by atoms with van der Waals surface area (Å²) in [5, 5.41) is 11.6. The molecule has 0 heterocycles. The molecular weight excluding hydrogens is 679 g/mol. The smallest absolute Gasteiger partial charge is 0.306 e. The molecule has 54 heavy (non-hydrogen) atoms. The van der Waals surface area contributed by atoms with Crippen LogP contribution in [0.3, 0.4) is 0 Å². The average Bonchev–Trinajstić information content (AvgIpc) is 3.12. The number of nitrogens with zero attached hydrogens (tertiary/aromatic N) is 1. The van der Waals surface area contributed by atoms with Crippen molar-refractivity contribution < 1.29 is 38.2 Å². The normalized spacial score (nSPS) is 13.7. The van der Waals surface area contributed by atoms with E-state index < -0.39 is 18.1 Å². The first-order chi connectivity index (χ1) is 26.1. The number of rotatable bonds is 36. The fourth-order valence-electron chi connectivity index (χ4n) is 5.58. The minimum atomic E-state index is -1.14. The van der Waals surface area contributed by atoms with Gasteiger partial charge in [0.25, 0.3) is 0 Å². The Bertz CT molecular complexity index is 1110. The molecule has 0 fully saturated rings. The second-order valence-electron chi connectivity index (χ2n) is 14.8. The van der Waals surface area contributed by atoms with Crippen LogP contribution in [0.2, 0.25) is 0 Å². The zero-order valence-electron chi connectivity index (χ0n) is 34.9. The van der Waals surface area contributed by atoms with Gasteiger partial charge in [-0.05, 0) is 70.6 Å². The number of ether oxygens (including phenoxy) is 3. The molecule has 8 heteroatoms. The molecule has 0 rings (SSSR count). The van der Waals surface area contributed by atoms with Crippen molar-refractivity contribution >= 4 is 17.9 Å². The predicted octanol–water partition coefficient (Wildman–Crippen LogP) is 9.85. The van der Waals surface area contributed by atoms with E-state index in [4.69, 9.17) is 14.2 Å². The molecule has 0 saturated carbocycles. The van der Waals surface area contributed by atoms with Crippen molar-refractivity contribution in [1.29, 1.82) is 0 Å². The quantitative estimate of drug-likeness (QED) is 0.0272. The molecule has 0 N–H and O–H groups in total. The van der Waals surface area contributed by atoms with Crippen LogP contribution in [-0.4, -0.2) is 75.5 Å². The average molecular weight is 756 g/mol. The third-order valence-corrected chi connectivity index (χ3v) is 8.84. The van der Waals surface area contributed by atoms with Crippen LogP contribution in [0.25, 0.3) is 0 Å². The number of aliphatic carboxylic acids is 1. The predicted molar refractivity (Wildman–Crippen MR) is 222 cm³/mol. The summed E-state index contributed by atoms with van der Waals surface area (Å²) in [6.07, 6.45) is 45.2. The van der Waals surface area contributed by atoms with Crippen molar-refractivity contribution in [2.75, 3.05) is 41.0 Å². The second kappa shape index (κ2) is 36.7. The van der Waals surface area contributed by atoms with Crippen molar-refractivity contribution in [2.45, 2.75) is 161 Å². The van der Waals surface area contributed by atoms with Crippen LogP contribution in [0.5, 0.6) is 0 Å². The number of carboxylic acids is 1. The highest BCUT2D eigenvalue weighted by atomic mass is 16.6. The highest BCUT2D eigenvalue weighted by molar-refractivity contribution is 5.70. The summed E-state index contributed by atoms with van der Waals surface area (Å²) in [6.45, 7) is 4.42. The number of carbonyl (C=O) groups excluding carboxylic acids is 3. The fraction of sp³-hybridized carbons (Fsp3) is 0.674. The van der Waals surface area contributed by atoms with Crippen molar-refractivity contribution in [3.05, 3.63) is 72.9 Å². The van der Waals surface area contributed by atoms with Gasteiger partial charge in [0, 0.05) is 19.3 Å². The van der Waals surface area contributed by atoms with E-state index in [9.17, 15) is 19.5 Å². The molecule has 0 spiro atoms. The lowest BCUT2D eigenvalue weighted by Gasteiger charge is -2.34. The molecule has 0 aliphatic carbocycles. The topological polar surface area (TPSA) is 102 Å². The first kappa shape index (κ1) is 50.8. The van der Waals surface area contributed by atoms with Gasteiger partial charge in [-0.3, -0.25) is 9.59 Å². The molecule has 0 aliphatic heterocycles. The third kappa shape index (κ3) is 34.5. The third-order valence-electron chi connectivity index (χ3n) is 8.84. The van der Waals surface area contributed by atoms with Gasteiger partial charge in [-0.1, -0.05) is 132 Å². The number of quaternary nitrogens is 1. The number of allylic oxidation sites excluding steroid dienone is 12. The van der Waals surface area contributed by atoms with E-state index in [0.717, 1.165) is 77.0 Å². The summed E-state index contributed by atoms with van der Waals surface area (Å²) >= 11 is 0. The van der Waals surface area contributed by atoms with Crippen LogP contribution < -0.4 is 5.11 Å². The maximum atomic E-state index is 12.7. The van der Waals surface area contributed by atoms with Crippen LogP contribution in [0.1, 0.15) is 149 Å². The van der Waals surface area contributed by atoms with Crippen LogP contribution in [0, 0.1) is 0 Å². The van der Waals surface area contributed by atoms with E-state index >= 15 is 0 Å². The number of hydrogen-bond donors (Lipinski definition) is 0. The van der Waals surface area contributed by atoms with E-state index in [1.54, 1.807) is 21.1 Å². The van der Waals surface area contributed by atoms with E-state index in [-0.39, 0.29) is 49.1 Å². The molecule has 0 saturated heterocycles. The van der Waals surface area contributed by atoms with Gasteiger partial charge in [-0.2, -0.15) is 0 Å². The Morgan fingerprint density at radius 3 is 1.63 bits per heavy atom. The summed E-state index contributed by atoms with van der Waals surface area (Å²) in [5.74, 6) is -1.83. The molecule has 0 aromatic rings. The van der Waals surface area contributed by atoms with Gasteiger partial charge in [-0.15, -0.1) is 0 Å². The van der Waals surface area contributed by atoms with Crippen LogP contribution in [-0.2, 0) is 28.6 Å². The van der Waals surface area contributed by atoms with Gasteiger partial charge in [-0.25, -0.2) is 0 Å². The van der Waals surface area contributed by atoms with Gasteiger partial charge >= 0.3 is 11.9 Å². The van der Waals surface area contributed by atoms with Crippen molar-refractivity contribution in [1.82, 2.24) is 0 Å². The maximum absolute atomic E-state index is 12.7. The Hall–Kier alpha value is -3.23. The summed E-state index contributed by atoms with van der Waals surface area (Å²) in [5.41, 5.74) is 0. The molecule has 0 bridgehead atoms. The molecule has 8 nitrogen and oxygen atoms in total. The Morgan fingerprint density at radius 1 is 0.574 bits per heavy atom. The standard InChI is InChI=1S/C46H77NO7/c1-6-8-10-12-14-16-17-18-19-20-21-22-23-24-25-26-27-28-29-31-33-35-37-45(49)54-42(40-52-39-38-43(46(50)51)47(3,4)5)41-53-44(48)36-34-32-30-15-13-11-9-7-2/h8,10,14,16,18-19,21-22,24-25,30,32,42-43H,6-7,9,11-13,15,17,20,23,26-29,31,33-41H2,1-5H3/b10-8+,16-14+,19-18+,22-21+,25-24+,32-30+. The van der Waals surface area contributed by atoms with Crippen molar-refractivity contribution in [2.24, 2.45) is 0 Å². The van der Waals surface area contributed by atoms with E-state index in [1.165, 1.54) is 32.1 Å². The summed E-state index contributed by atoms with van der Waals surface area (Å²) in [7, 11) is 5.37. The Kier molecular flexibility index (Phi) is 34.5. The van der Waals surface area contributed by atoms with Crippen LogP contribution in [0.4, 0.5) is 0 Å². The lowest BCUT2D eigenvalue weighted by molar-refractivity contribution is -0.889. The number of hydrogen-bond acceptors (Lipinski definition) is 7. The van der Waals surface area contributed by atoms with Gasteiger partial charge in [0.1, 0.15) is 12.6 Å². The van der Waals surface area contributed by atoms with Gasteiger partial charge < -0.3 is 28.6 Å². The summed E-state index contributed by atoms with van der Waals surface area (Å²) in [4.78, 5) is 36.6. The maximum Gasteiger partial charge on any atom is 0.306 e. The Labute approximate surface area is 330 Å². The molecule has 2 atom stereocenters. The lowest BCUT2D eigenvalue weighted by atomic mass is 10.1. The molecule has 308 valence electrons. The Balaban J connectivity index is 4.34. The van der Waals surface area contributed by atoms with E-state index in [1.807, 2.05) is 6.08 Å². The zero-order chi connectivity index (χ0) is 40.0. The van der Waals surface area contributed by atoms with Crippen LogP contribution >= 0.6 is 0 Å². The van der Waals surface area contributed by atoms with Gasteiger partial charge in [0.15, 0.2) is 6.10 Å². The monoisotopic (exact) mass is 756 g/mol. The zero-order valence-corrected chi connectivity index (χ0v) is 34.9. The Morgan fingerprint density at radius 2 is 1.07 bits per heavy atom. The molecule has 0 aromatic carbocycles. The largest absolute Gasteiger partial charge is 0.544 e. The summed E-state index contributed by atoms with van der Waals surface area (Å²) < 4.78 is 17.0. The first-order valence-corrected chi connectivity index (χ1v) is 21.0. The number of carbonyl (C=O) groups is 3. The lowest BCUT2D eigenvalue weighted by Crippen LogP contribution is -2.55. The minimum Gasteiger partial charge on any atom is -0.544 e. The van der Waals surface area contributed by atoms with E-state index in [2.05, 4.69) is 80.7 Å². The van der Waals surface area contributed by atoms with Gasteiger partial charge in [0.2, 0.25) is 0 Å². The van der Waals surface area contributed by atoms with E-state index in [0.29, 0.717) is 12.8 Å². The molecule has 0 aliphatic rings. The SMILES string of the molecule is CC/C=C/C/C=C/C/C=C/C/C=C/C/C=C/CCCCCCCCC(=O)OC(COCCC(C(=O)[O-])[N+](C)(C)C)COC(=O)CC/C=C/CCCCCC. The number of carboxylic acid groups (broad SMARTS) is 1. The number of esters is 2. The number of likely N-dealkylation sites (N-methyl/N-ethyl adjacent to an activating group) is 1. The number of unbranched alkanes of at least 4 members (excludes halogenated alkanes) is 10. The summed E-state index contributed by atoms with van der Waals surface area (Å²) in [6, 6.07) is -0.735. The highest BCUT2D eigenvalue weighted by Crippen LogP contribution is 2.12. The molecule has 0 radical (unpaired) electrons.